The van der Waals surface area contributed by atoms with Gasteiger partial charge in [0.05, 0.1) is 18.7 Å². The molecule has 1 amide bonds. The summed E-state index contributed by atoms with van der Waals surface area (Å²) in [5.41, 5.74) is 1.50. The first kappa shape index (κ1) is 17.1. The zero-order valence-electron chi connectivity index (χ0n) is 14.6. The van der Waals surface area contributed by atoms with Gasteiger partial charge < -0.3 is 14.8 Å². The quantitative estimate of drug-likeness (QED) is 0.841. The minimum Gasteiger partial charge on any atom is -0.493 e. The van der Waals surface area contributed by atoms with Crippen LogP contribution in [0.3, 0.4) is 0 Å². The molecule has 0 aliphatic carbocycles. The normalized spacial score (nSPS) is 14.1. The van der Waals surface area contributed by atoms with Crippen molar-refractivity contribution >= 4 is 12.0 Å². The first-order valence-corrected chi connectivity index (χ1v) is 8.54. The molecular formula is C19H23N3O3. The fourth-order valence-electron chi connectivity index (χ4n) is 2.64. The molecule has 0 radical (unpaired) electrons. The lowest BCUT2D eigenvalue weighted by Crippen LogP contribution is -2.38. The number of benzene rings is 1. The maximum Gasteiger partial charge on any atom is 0.250 e. The highest BCUT2D eigenvalue weighted by Gasteiger charge is 2.19. The van der Waals surface area contributed by atoms with Crippen LogP contribution >= 0.6 is 0 Å². The summed E-state index contributed by atoms with van der Waals surface area (Å²) in [5.74, 6) is 1.42. The SMILES string of the molecule is CCCOc1ccc2c(c1)OCC(C(=O)N[C@@H](C)Cn1cccn1)=C2. The van der Waals surface area contributed by atoms with Crippen molar-refractivity contribution in [2.24, 2.45) is 0 Å². The summed E-state index contributed by atoms with van der Waals surface area (Å²) in [7, 11) is 0. The van der Waals surface area contributed by atoms with Gasteiger partial charge in [0.1, 0.15) is 18.1 Å². The van der Waals surface area contributed by atoms with Gasteiger partial charge in [-0.1, -0.05) is 6.92 Å². The standard InChI is InChI=1S/C19H23N3O3/c1-3-9-24-17-6-5-15-10-16(13-25-18(15)11-17)19(23)21-14(2)12-22-8-4-7-20-22/h4-8,10-11,14H,3,9,12-13H2,1-2H3,(H,21,23)/t14-/m0/s1. The van der Waals surface area contributed by atoms with Crippen molar-refractivity contribution in [1.82, 2.24) is 15.1 Å². The van der Waals surface area contributed by atoms with Crippen LogP contribution in [0.1, 0.15) is 25.8 Å². The van der Waals surface area contributed by atoms with Gasteiger partial charge in [-0.15, -0.1) is 0 Å². The van der Waals surface area contributed by atoms with Crippen molar-refractivity contribution in [3.05, 3.63) is 47.8 Å². The molecule has 1 N–H and O–H groups in total. The van der Waals surface area contributed by atoms with E-state index >= 15 is 0 Å². The summed E-state index contributed by atoms with van der Waals surface area (Å²) in [6, 6.07) is 7.52. The Labute approximate surface area is 147 Å². The first-order chi connectivity index (χ1) is 12.2. The van der Waals surface area contributed by atoms with Gasteiger partial charge in [0, 0.05) is 30.1 Å². The molecular weight excluding hydrogens is 318 g/mol. The number of hydrogen-bond donors (Lipinski definition) is 1. The number of fused-ring (bicyclic) bond motifs is 1. The molecule has 6 heteroatoms. The molecule has 1 atom stereocenters. The summed E-state index contributed by atoms with van der Waals surface area (Å²) in [6.07, 6.45) is 6.43. The number of amides is 1. The fourth-order valence-corrected chi connectivity index (χ4v) is 2.64. The largest absolute Gasteiger partial charge is 0.493 e. The van der Waals surface area contributed by atoms with Gasteiger partial charge >= 0.3 is 0 Å². The number of nitrogens with one attached hydrogen (secondary N) is 1. The predicted molar refractivity (Wildman–Crippen MR) is 95.5 cm³/mol. The Morgan fingerprint density at radius 2 is 2.36 bits per heavy atom. The maximum absolute atomic E-state index is 12.4. The molecule has 25 heavy (non-hydrogen) atoms. The van der Waals surface area contributed by atoms with Crippen LogP contribution in [0.2, 0.25) is 0 Å². The van der Waals surface area contributed by atoms with E-state index in [1.54, 1.807) is 10.9 Å². The molecule has 3 rings (SSSR count). The number of carbonyl (C=O) groups is 1. The van der Waals surface area contributed by atoms with E-state index < -0.39 is 0 Å². The topological polar surface area (TPSA) is 65.4 Å². The number of hydrogen-bond acceptors (Lipinski definition) is 4. The number of rotatable bonds is 7. The van der Waals surface area contributed by atoms with Crippen molar-refractivity contribution in [2.45, 2.75) is 32.9 Å². The van der Waals surface area contributed by atoms with Crippen LogP contribution in [0.15, 0.2) is 42.2 Å². The minimum absolute atomic E-state index is 0.0282. The Bertz CT molecular complexity index is 753. The lowest BCUT2D eigenvalue weighted by molar-refractivity contribution is -0.118. The Balaban J connectivity index is 1.63. The molecule has 132 valence electrons. The zero-order valence-corrected chi connectivity index (χ0v) is 14.6. The lowest BCUT2D eigenvalue weighted by Gasteiger charge is -2.20. The van der Waals surface area contributed by atoms with E-state index in [4.69, 9.17) is 9.47 Å². The van der Waals surface area contributed by atoms with Crippen LogP contribution in [0, 0.1) is 0 Å². The van der Waals surface area contributed by atoms with Crippen LogP contribution in [0.25, 0.3) is 6.08 Å². The van der Waals surface area contributed by atoms with E-state index in [9.17, 15) is 4.79 Å². The summed E-state index contributed by atoms with van der Waals surface area (Å²) in [6.45, 7) is 5.58. The smallest absolute Gasteiger partial charge is 0.250 e. The third-order valence-electron chi connectivity index (χ3n) is 3.86. The van der Waals surface area contributed by atoms with Gasteiger partial charge in [-0.25, -0.2) is 0 Å². The van der Waals surface area contributed by atoms with E-state index in [0.717, 1.165) is 23.5 Å². The lowest BCUT2D eigenvalue weighted by atomic mass is 10.1. The third-order valence-corrected chi connectivity index (χ3v) is 3.86. The molecule has 2 aromatic rings. The van der Waals surface area contributed by atoms with Crippen molar-refractivity contribution < 1.29 is 14.3 Å². The molecule has 1 aliphatic rings. The van der Waals surface area contributed by atoms with Crippen molar-refractivity contribution in [3.8, 4) is 11.5 Å². The molecule has 0 saturated heterocycles. The van der Waals surface area contributed by atoms with E-state index in [-0.39, 0.29) is 18.6 Å². The highest BCUT2D eigenvalue weighted by atomic mass is 16.5. The Kier molecular flexibility index (Phi) is 5.38. The third kappa shape index (κ3) is 4.41. The van der Waals surface area contributed by atoms with Gasteiger partial charge in [-0.3, -0.25) is 9.48 Å². The molecule has 0 bridgehead atoms. The van der Waals surface area contributed by atoms with Gasteiger partial charge in [0.15, 0.2) is 0 Å². The summed E-state index contributed by atoms with van der Waals surface area (Å²) < 4.78 is 13.1. The molecule has 1 aromatic carbocycles. The Hall–Kier alpha value is -2.76. The van der Waals surface area contributed by atoms with Gasteiger partial charge in [0.25, 0.3) is 5.91 Å². The summed E-state index contributed by atoms with van der Waals surface area (Å²) >= 11 is 0. The van der Waals surface area contributed by atoms with E-state index in [2.05, 4.69) is 17.3 Å². The van der Waals surface area contributed by atoms with Crippen LogP contribution in [-0.4, -0.2) is 34.9 Å². The molecule has 1 aromatic heterocycles. The number of ether oxygens (including phenoxy) is 2. The van der Waals surface area contributed by atoms with Crippen LogP contribution in [-0.2, 0) is 11.3 Å². The molecule has 0 unspecified atom stereocenters. The average molecular weight is 341 g/mol. The van der Waals surface area contributed by atoms with Crippen molar-refractivity contribution in [1.29, 1.82) is 0 Å². The molecule has 0 spiro atoms. The number of aromatic nitrogens is 2. The van der Waals surface area contributed by atoms with Gasteiger partial charge in [-0.05, 0) is 37.6 Å². The molecule has 2 heterocycles. The van der Waals surface area contributed by atoms with Gasteiger partial charge in [-0.2, -0.15) is 5.10 Å². The highest BCUT2D eigenvalue weighted by molar-refractivity contribution is 5.99. The first-order valence-electron chi connectivity index (χ1n) is 8.54. The van der Waals surface area contributed by atoms with Crippen LogP contribution < -0.4 is 14.8 Å². The van der Waals surface area contributed by atoms with Crippen LogP contribution in [0.5, 0.6) is 11.5 Å². The predicted octanol–water partition coefficient (Wildman–Crippen LogP) is 2.65. The zero-order chi connectivity index (χ0) is 17.6. The summed E-state index contributed by atoms with van der Waals surface area (Å²) in [5, 5.41) is 7.13. The second kappa shape index (κ2) is 7.88. The maximum atomic E-state index is 12.4. The highest BCUT2D eigenvalue weighted by Crippen LogP contribution is 2.30. The van der Waals surface area contributed by atoms with Gasteiger partial charge in [0.2, 0.25) is 0 Å². The second-order valence-electron chi connectivity index (χ2n) is 6.11. The molecule has 0 saturated carbocycles. The minimum atomic E-state index is -0.114. The van der Waals surface area contributed by atoms with Crippen molar-refractivity contribution in [2.75, 3.05) is 13.2 Å². The van der Waals surface area contributed by atoms with Crippen molar-refractivity contribution in [3.63, 3.8) is 0 Å². The number of carbonyl (C=O) groups excluding carboxylic acids is 1. The Morgan fingerprint density at radius 3 is 3.12 bits per heavy atom. The average Bonchev–Trinajstić information content (AvgIpc) is 3.12. The fraction of sp³-hybridized carbons (Fsp3) is 0.368. The van der Waals surface area contributed by atoms with Crippen LogP contribution in [0.4, 0.5) is 0 Å². The second-order valence-corrected chi connectivity index (χ2v) is 6.11. The number of nitrogens with zero attached hydrogens (tertiary/aromatic N) is 2. The summed E-state index contributed by atoms with van der Waals surface area (Å²) in [4.78, 5) is 12.4. The molecule has 0 fully saturated rings. The van der Waals surface area contributed by atoms with E-state index in [1.807, 2.05) is 43.5 Å². The van der Waals surface area contributed by atoms with E-state index in [0.29, 0.717) is 18.7 Å². The monoisotopic (exact) mass is 341 g/mol. The van der Waals surface area contributed by atoms with E-state index in [1.165, 1.54) is 0 Å². The molecule has 1 aliphatic heterocycles. The molecule has 6 nitrogen and oxygen atoms in total. The Morgan fingerprint density at radius 1 is 1.48 bits per heavy atom.